The normalized spacial score (nSPS) is 13.7. The van der Waals surface area contributed by atoms with Gasteiger partial charge in [-0.05, 0) is 37.3 Å². The van der Waals surface area contributed by atoms with Gasteiger partial charge in [0.05, 0.1) is 6.54 Å². The minimum Gasteiger partial charge on any atom is -0.349 e. The molecule has 2 aromatic heterocycles. The average Bonchev–Trinajstić information content (AvgIpc) is 3.27. The maximum absolute atomic E-state index is 12.3. The Balaban J connectivity index is 1.43. The molecule has 1 N–H and O–H groups in total. The molecule has 0 aliphatic heterocycles. The highest BCUT2D eigenvalue weighted by Gasteiger charge is 2.19. The first kappa shape index (κ1) is 16.8. The van der Waals surface area contributed by atoms with Crippen molar-refractivity contribution in [2.24, 2.45) is 0 Å². The molecule has 1 aliphatic rings. The summed E-state index contributed by atoms with van der Waals surface area (Å²) in [5.41, 5.74) is 4.14. The summed E-state index contributed by atoms with van der Waals surface area (Å²) in [7, 11) is 0. The fourth-order valence-corrected chi connectivity index (χ4v) is 3.83. The third-order valence-corrected chi connectivity index (χ3v) is 5.10. The standard InChI is InChI=1S/C20H24N4O2/c1-2-20-22-18(23-26-20)13-21-19(25)11-12-24-16-9-5-3-7-14(16)15-8-4-6-10-17(15)24/h3,5,7,9H,2,4,6,8,10-13H2,1H3,(H,21,25). The number of nitrogens with one attached hydrogen (secondary N) is 1. The lowest BCUT2D eigenvalue weighted by Crippen LogP contribution is -2.25. The van der Waals surface area contributed by atoms with Crippen LogP contribution in [0.1, 0.15) is 49.2 Å². The summed E-state index contributed by atoms with van der Waals surface area (Å²) >= 11 is 0. The molecule has 4 rings (SSSR count). The number of carbonyl (C=O) groups excluding carboxylic acids is 1. The van der Waals surface area contributed by atoms with E-state index in [1.54, 1.807) is 0 Å². The molecule has 1 aliphatic carbocycles. The van der Waals surface area contributed by atoms with Gasteiger partial charge in [-0.2, -0.15) is 4.98 Å². The summed E-state index contributed by atoms with van der Waals surface area (Å²) in [6, 6.07) is 8.55. The van der Waals surface area contributed by atoms with Gasteiger partial charge in [0, 0.05) is 36.0 Å². The van der Waals surface area contributed by atoms with Gasteiger partial charge in [-0.25, -0.2) is 0 Å². The molecule has 0 atom stereocenters. The Morgan fingerprint density at radius 1 is 1.27 bits per heavy atom. The van der Waals surface area contributed by atoms with Gasteiger partial charge in [-0.15, -0.1) is 0 Å². The van der Waals surface area contributed by atoms with E-state index in [1.807, 2.05) is 6.92 Å². The zero-order valence-electron chi connectivity index (χ0n) is 15.1. The van der Waals surface area contributed by atoms with Crippen LogP contribution in [0.15, 0.2) is 28.8 Å². The molecule has 0 saturated heterocycles. The first-order valence-corrected chi connectivity index (χ1v) is 9.43. The molecule has 6 nitrogen and oxygen atoms in total. The van der Waals surface area contributed by atoms with Crippen LogP contribution in [0.25, 0.3) is 10.9 Å². The number of amides is 1. The molecule has 0 bridgehead atoms. The summed E-state index contributed by atoms with van der Waals surface area (Å²) in [6.45, 7) is 2.97. The van der Waals surface area contributed by atoms with Gasteiger partial charge < -0.3 is 14.4 Å². The van der Waals surface area contributed by atoms with Gasteiger partial charge >= 0.3 is 0 Å². The Morgan fingerprint density at radius 2 is 2.12 bits per heavy atom. The second kappa shape index (κ2) is 7.32. The lowest BCUT2D eigenvalue weighted by atomic mass is 9.95. The SMILES string of the molecule is CCc1nc(CNC(=O)CCn2c3c(c4ccccc42)CCCC3)no1. The van der Waals surface area contributed by atoms with Crippen LogP contribution in [0, 0.1) is 0 Å². The van der Waals surface area contributed by atoms with Crippen molar-refractivity contribution in [2.75, 3.05) is 0 Å². The van der Waals surface area contributed by atoms with E-state index in [0.29, 0.717) is 37.6 Å². The van der Waals surface area contributed by atoms with Crippen LogP contribution in [-0.4, -0.2) is 20.6 Å². The van der Waals surface area contributed by atoms with Crippen molar-refractivity contribution in [3.8, 4) is 0 Å². The number of aryl methyl sites for hydroxylation is 3. The van der Waals surface area contributed by atoms with Crippen molar-refractivity contribution < 1.29 is 9.32 Å². The molecule has 0 unspecified atom stereocenters. The number of aromatic nitrogens is 3. The summed E-state index contributed by atoms with van der Waals surface area (Å²) in [4.78, 5) is 16.5. The second-order valence-electron chi connectivity index (χ2n) is 6.79. The third kappa shape index (κ3) is 3.23. The molecule has 136 valence electrons. The molecule has 3 aromatic rings. The predicted octanol–water partition coefficient (Wildman–Crippen LogP) is 3.17. The van der Waals surface area contributed by atoms with Gasteiger partial charge in [0.25, 0.3) is 0 Å². The highest BCUT2D eigenvalue weighted by atomic mass is 16.5. The molecule has 6 heteroatoms. The van der Waals surface area contributed by atoms with Gasteiger partial charge in [0.2, 0.25) is 11.8 Å². The molecule has 0 saturated carbocycles. The van der Waals surface area contributed by atoms with Crippen LogP contribution < -0.4 is 5.32 Å². The van der Waals surface area contributed by atoms with Crippen LogP contribution in [-0.2, 0) is 37.1 Å². The van der Waals surface area contributed by atoms with E-state index < -0.39 is 0 Å². The highest BCUT2D eigenvalue weighted by Crippen LogP contribution is 2.32. The van der Waals surface area contributed by atoms with Crippen LogP contribution >= 0.6 is 0 Å². The Morgan fingerprint density at radius 3 is 2.96 bits per heavy atom. The molecule has 1 aromatic carbocycles. The van der Waals surface area contributed by atoms with Gasteiger partial charge in [0.1, 0.15) is 0 Å². The summed E-state index contributed by atoms with van der Waals surface area (Å²) < 4.78 is 7.40. The van der Waals surface area contributed by atoms with E-state index in [0.717, 1.165) is 12.8 Å². The van der Waals surface area contributed by atoms with Crippen molar-refractivity contribution in [3.05, 3.63) is 47.2 Å². The minimum atomic E-state index is 0.00943. The lowest BCUT2D eigenvalue weighted by molar-refractivity contribution is -0.121. The smallest absolute Gasteiger partial charge is 0.226 e. The third-order valence-electron chi connectivity index (χ3n) is 5.10. The Kier molecular flexibility index (Phi) is 4.73. The van der Waals surface area contributed by atoms with Crippen LogP contribution in [0.4, 0.5) is 0 Å². The Hall–Kier alpha value is -2.63. The van der Waals surface area contributed by atoms with E-state index in [2.05, 4.69) is 44.3 Å². The number of fused-ring (bicyclic) bond motifs is 3. The fourth-order valence-electron chi connectivity index (χ4n) is 3.83. The van der Waals surface area contributed by atoms with Crippen molar-refractivity contribution in [2.45, 2.75) is 58.5 Å². The number of benzene rings is 1. The van der Waals surface area contributed by atoms with E-state index in [9.17, 15) is 4.79 Å². The zero-order valence-corrected chi connectivity index (χ0v) is 15.1. The van der Waals surface area contributed by atoms with Crippen molar-refractivity contribution >= 4 is 16.8 Å². The quantitative estimate of drug-likeness (QED) is 0.739. The number of hydrogen-bond acceptors (Lipinski definition) is 4. The van der Waals surface area contributed by atoms with Crippen LogP contribution in [0.2, 0.25) is 0 Å². The zero-order chi connectivity index (χ0) is 17.9. The van der Waals surface area contributed by atoms with Crippen molar-refractivity contribution in [1.82, 2.24) is 20.0 Å². The monoisotopic (exact) mass is 352 g/mol. The van der Waals surface area contributed by atoms with E-state index >= 15 is 0 Å². The number of carbonyl (C=O) groups is 1. The van der Waals surface area contributed by atoms with Gasteiger partial charge in [0.15, 0.2) is 5.82 Å². The summed E-state index contributed by atoms with van der Waals surface area (Å²) in [5.74, 6) is 1.13. The molecule has 0 radical (unpaired) electrons. The maximum Gasteiger partial charge on any atom is 0.226 e. The number of nitrogens with zero attached hydrogens (tertiary/aromatic N) is 3. The molecule has 26 heavy (non-hydrogen) atoms. The van der Waals surface area contributed by atoms with E-state index in [-0.39, 0.29) is 5.91 Å². The number of hydrogen-bond donors (Lipinski definition) is 1. The first-order valence-electron chi connectivity index (χ1n) is 9.43. The largest absolute Gasteiger partial charge is 0.349 e. The molecule has 0 fully saturated rings. The summed E-state index contributed by atoms with van der Waals surface area (Å²) in [5, 5.41) is 8.10. The van der Waals surface area contributed by atoms with Gasteiger partial charge in [-0.1, -0.05) is 30.3 Å². The second-order valence-corrected chi connectivity index (χ2v) is 6.79. The van der Waals surface area contributed by atoms with E-state index in [1.165, 1.54) is 35.0 Å². The predicted molar refractivity (Wildman–Crippen MR) is 98.7 cm³/mol. The Labute approximate surface area is 152 Å². The maximum atomic E-state index is 12.3. The fraction of sp³-hybridized carbons (Fsp3) is 0.450. The number of para-hydroxylation sites is 1. The summed E-state index contributed by atoms with van der Waals surface area (Å²) in [6.07, 6.45) is 5.89. The lowest BCUT2D eigenvalue weighted by Gasteiger charge is -2.16. The van der Waals surface area contributed by atoms with Crippen molar-refractivity contribution in [3.63, 3.8) is 0 Å². The first-order chi connectivity index (χ1) is 12.8. The van der Waals surface area contributed by atoms with Gasteiger partial charge in [-0.3, -0.25) is 4.79 Å². The molecule has 1 amide bonds. The van der Waals surface area contributed by atoms with E-state index in [4.69, 9.17) is 4.52 Å². The molecular weight excluding hydrogens is 328 g/mol. The van der Waals surface area contributed by atoms with Crippen molar-refractivity contribution in [1.29, 1.82) is 0 Å². The van der Waals surface area contributed by atoms with Crippen LogP contribution in [0.5, 0.6) is 0 Å². The highest BCUT2D eigenvalue weighted by molar-refractivity contribution is 5.86. The molecular formula is C20H24N4O2. The molecule has 2 heterocycles. The minimum absolute atomic E-state index is 0.00943. The average molecular weight is 352 g/mol. The topological polar surface area (TPSA) is 73.0 Å². The number of rotatable bonds is 6. The molecule has 0 spiro atoms. The Bertz CT molecular complexity index is 925. The van der Waals surface area contributed by atoms with Crippen LogP contribution in [0.3, 0.4) is 0 Å².